The van der Waals surface area contributed by atoms with Crippen LogP contribution in [-0.2, 0) is 4.79 Å². The number of anilines is 1. The van der Waals surface area contributed by atoms with Crippen molar-refractivity contribution in [2.45, 2.75) is 32.2 Å². The van der Waals surface area contributed by atoms with Crippen LogP contribution in [0.4, 0.5) is 5.82 Å². The minimum atomic E-state index is -0.144. The summed E-state index contributed by atoms with van der Waals surface area (Å²) in [5.74, 6) is 0.946. The molecule has 6 nitrogen and oxygen atoms in total. The van der Waals surface area contributed by atoms with Crippen molar-refractivity contribution in [3.63, 3.8) is 0 Å². The largest absolute Gasteiger partial charge is 0.365 e. The number of aromatic nitrogens is 2. The summed E-state index contributed by atoms with van der Waals surface area (Å²) in [6.45, 7) is 3.39. The molecule has 1 aromatic carbocycles. The number of aromatic amines is 1. The lowest BCUT2D eigenvalue weighted by molar-refractivity contribution is -0.131. The molecule has 1 aliphatic heterocycles. The molecule has 2 N–H and O–H groups in total. The summed E-state index contributed by atoms with van der Waals surface area (Å²) < 4.78 is 1.80. The second-order valence-electron chi connectivity index (χ2n) is 7.02. The number of rotatable bonds is 3. The Morgan fingerprint density at radius 1 is 1.43 bits per heavy atom. The van der Waals surface area contributed by atoms with E-state index in [1.807, 2.05) is 30.0 Å². The van der Waals surface area contributed by atoms with Gasteiger partial charge in [0.1, 0.15) is 5.82 Å². The van der Waals surface area contributed by atoms with E-state index in [-0.39, 0.29) is 17.5 Å². The van der Waals surface area contributed by atoms with Crippen LogP contribution in [0.5, 0.6) is 0 Å². The maximum absolute atomic E-state index is 12.5. The van der Waals surface area contributed by atoms with Gasteiger partial charge in [-0.15, -0.1) is 0 Å². The van der Waals surface area contributed by atoms with Gasteiger partial charge in [0, 0.05) is 47.0 Å². The predicted molar refractivity (Wildman–Crippen MR) is 124 cm³/mol. The second-order valence-corrected chi connectivity index (χ2v) is 9.09. The van der Waals surface area contributed by atoms with Crippen LogP contribution in [0.25, 0.3) is 21.7 Å². The van der Waals surface area contributed by atoms with Crippen LogP contribution in [0.15, 0.2) is 33.7 Å². The molecule has 3 aromatic rings. The molecule has 0 radical (unpaired) electrons. The quantitative estimate of drug-likeness (QED) is 0.375. The van der Waals surface area contributed by atoms with Gasteiger partial charge in [-0.1, -0.05) is 22.9 Å². The van der Waals surface area contributed by atoms with Crippen molar-refractivity contribution in [1.82, 2.24) is 14.9 Å². The number of carbonyl (C=O) groups excluding carboxylic acids is 1. The number of fused-ring (bicyclic) bond motifs is 3. The third-order valence-corrected chi connectivity index (χ3v) is 6.48. The molecular formula is C20H20BrIN4O2. The van der Waals surface area contributed by atoms with E-state index in [0.717, 1.165) is 44.0 Å². The third kappa shape index (κ3) is 3.63. The second kappa shape index (κ2) is 7.98. The number of pyridine rings is 2. The number of H-pyrrole nitrogens is 1. The van der Waals surface area contributed by atoms with Gasteiger partial charge >= 0.3 is 0 Å². The van der Waals surface area contributed by atoms with Gasteiger partial charge in [-0.3, -0.25) is 9.59 Å². The summed E-state index contributed by atoms with van der Waals surface area (Å²) >= 11 is 5.71. The summed E-state index contributed by atoms with van der Waals surface area (Å²) in [4.78, 5) is 34.2. The summed E-state index contributed by atoms with van der Waals surface area (Å²) in [7, 11) is 0. The first-order valence-electron chi connectivity index (χ1n) is 9.32. The number of piperidine rings is 1. The summed E-state index contributed by atoms with van der Waals surface area (Å²) in [6, 6.07) is 6.03. The van der Waals surface area contributed by atoms with Crippen LogP contribution in [0, 0.1) is 3.57 Å². The number of amides is 1. The first-order chi connectivity index (χ1) is 13.5. The van der Waals surface area contributed by atoms with Gasteiger partial charge < -0.3 is 15.2 Å². The van der Waals surface area contributed by atoms with E-state index < -0.39 is 0 Å². The molecule has 28 heavy (non-hydrogen) atoms. The molecule has 0 spiro atoms. The Labute approximate surface area is 184 Å². The number of hydrogen-bond acceptors (Lipinski definition) is 4. The number of nitrogens with one attached hydrogen (secondary N) is 2. The molecule has 1 aliphatic rings. The van der Waals surface area contributed by atoms with Gasteiger partial charge in [0.25, 0.3) is 5.56 Å². The molecule has 4 rings (SSSR count). The Kier molecular flexibility index (Phi) is 5.59. The van der Waals surface area contributed by atoms with Crippen LogP contribution in [0.1, 0.15) is 26.2 Å². The lowest BCUT2D eigenvalue weighted by Crippen LogP contribution is -2.45. The third-order valence-electron chi connectivity index (χ3n) is 5.17. The zero-order valence-corrected chi connectivity index (χ0v) is 19.1. The normalized spacial score (nSPS) is 17.2. The Balaban J connectivity index is 1.81. The highest BCUT2D eigenvalue weighted by Gasteiger charge is 2.24. The minimum Gasteiger partial charge on any atom is -0.365 e. The van der Waals surface area contributed by atoms with E-state index >= 15 is 0 Å². The first-order valence-corrected chi connectivity index (χ1v) is 11.2. The zero-order chi connectivity index (χ0) is 19.8. The number of hydrogen-bond donors (Lipinski definition) is 2. The molecule has 2 aromatic heterocycles. The number of likely N-dealkylation sites (tertiary alicyclic amines) is 1. The van der Waals surface area contributed by atoms with Gasteiger partial charge in [0.2, 0.25) is 5.91 Å². The van der Waals surface area contributed by atoms with Crippen molar-refractivity contribution < 1.29 is 4.79 Å². The van der Waals surface area contributed by atoms with Crippen molar-refractivity contribution in [2.24, 2.45) is 0 Å². The van der Waals surface area contributed by atoms with Crippen molar-refractivity contribution in [3.8, 4) is 0 Å². The van der Waals surface area contributed by atoms with Gasteiger partial charge in [-0.05, 0) is 53.6 Å². The molecule has 1 amide bonds. The fourth-order valence-electron chi connectivity index (χ4n) is 3.81. The van der Waals surface area contributed by atoms with Crippen molar-refractivity contribution >= 4 is 71.9 Å². The highest BCUT2D eigenvalue weighted by Crippen LogP contribution is 2.32. The van der Waals surface area contributed by atoms with Gasteiger partial charge in [0.15, 0.2) is 0 Å². The fraction of sp³-hybridized carbons (Fsp3) is 0.350. The molecule has 146 valence electrons. The maximum Gasteiger partial charge on any atom is 0.258 e. The van der Waals surface area contributed by atoms with Crippen LogP contribution in [-0.4, -0.2) is 39.9 Å². The molecule has 3 heterocycles. The maximum atomic E-state index is 12.5. The van der Waals surface area contributed by atoms with Crippen molar-refractivity contribution in [2.75, 3.05) is 18.4 Å². The Hall–Kier alpha value is -1.68. The van der Waals surface area contributed by atoms with E-state index in [4.69, 9.17) is 4.98 Å². The van der Waals surface area contributed by atoms with Crippen molar-refractivity contribution in [1.29, 1.82) is 0 Å². The van der Waals surface area contributed by atoms with Crippen LogP contribution >= 0.6 is 38.5 Å². The standard InChI is InChI=1S/C20H20BrIN4O2/c1-2-16(27)26-7-3-4-12(10-26)24-19-13-6-5-11(21)8-14(13)17-18(25-19)15(22)9-23-20(17)28/h5-6,8-9,12H,2-4,7,10H2,1H3,(H,23,28)(H,24,25)/t12-/m0/s1. The lowest BCUT2D eigenvalue weighted by atomic mass is 10.0. The average molecular weight is 555 g/mol. The van der Waals surface area contributed by atoms with E-state index in [9.17, 15) is 9.59 Å². The monoisotopic (exact) mass is 554 g/mol. The van der Waals surface area contributed by atoms with Crippen LogP contribution < -0.4 is 10.9 Å². The number of carbonyl (C=O) groups is 1. The molecule has 0 bridgehead atoms. The Morgan fingerprint density at radius 2 is 2.25 bits per heavy atom. The number of halogens is 2. The minimum absolute atomic E-state index is 0.140. The molecular weight excluding hydrogens is 535 g/mol. The highest BCUT2D eigenvalue weighted by atomic mass is 127. The zero-order valence-electron chi connectivity index (χ0n) is 15.4. The molecule has 1 saturated heterocycles. The molecule has 1 atom stereocenters. The average Bonchev–Trinajstić information content (AvgIpc) is 2.70. The van der Waals surface area contributed by atoms with Crippen molar-refractivity contribution in [3.05, 3.63) is 42.8 Å². The Bertz CT molecular complexity index is 1130. The van der Waals surface area contributed by atoms with Gasteiger partial charge in [-0.25, -0.2) is 4.98 Å². The van der Waals surface area contributed by atoms with Crippen LogP contribution in [0.2, 0.25) is 0 Å². The predicted octanol–water partition coefficient (Wildman–Crippen LogP) is 4.26. The summed E-state index contributed by atoms with van der Waals surface area (Å²) in [5.41, 5.74) is 0.546. The topological polar surface area (TPSA) is 78.1 Å². The lowest BCUT2D eigenvalue weighted by Gasteiger charge is -2.33. The molecule has 1 fully saturated rings. The summed E-state index contributed by atoms with van der Waals surface area (Å²) in [6.07, 6.45) is 4.17. The fourth-order valence-corrected chi connectivity index (χ4v) is 4.71. The van der Waals surface area contributed by atoms with Gasteiger partial charge in [0.05, 0.1) is 14.5 Å². The number of benzene rings is 1. The van der Waals surface area contributed by atoms with E-state index in [1.165, 1.54) is 0 Å². The molecule has 0 aliphatic carbocycles. The Morgan fingerprint density at radius 3 is 3.04 bits per heavy atom. The van der Waals surface area contributed by atoms with E-state index in [1.54, 1.807) is 6.20 Å². The first kappa shape index (κ1) is 19.6. The number of nitrogens with zero attached hydrogens (tertiary/aromatic N) is 2. The van der Waals surface area contributed by atoms with E-state index in [2.05, 4.69) is 48.8 Å². The van der Waals surface area contributed by atoms with E-state index in [0.29, 0.717) is 23.9 Å². The smallest absolute Gasteiger partial charge is 0.258 e. The summed E-state index contributed by atoms with van der Waals surface area (Å²) in [5, 5.41) is 5.92. The molecule has 0 unspecified atom stereocenters. The highest BCUT2D eigenvalue weighted by molar-refractivity contribution is 14.1. The molecule has 0 saturated carbocycles. The van der Waals surface area contributed by atoms with Crippen LogP contribution in [0.3, 0.4) is 0 Å². The SMILES string of the molecule is CCC(=O)N1CCC[C@H](Nc2nc3c(I)c[nH]c(=O)c3c3cc(Br)ccc23)C1. The van der Waals surface area contributed by atoms with Gasteiger partial charge in [-0.2, -0.15) is 0 Å². The molecule has 8 heteroatoms.